The molecular weight excluding hydrogens is 254 g/mol. The Balaban J connectivity index is 2.00. The number of aromatic nitrogens is 2. The highest BCUT2D eigenvalue weighted by Gasteiger charge is 2.16. The Morgan fingerprint density at radius 2 is 2.00 bits per heavy atom. The molecule has 3 aromatic rings. The van der Waals surface area contributed by atoms with Crippen LogP contribution >= 0.6 is 0 Å². The third kappa shape index (κ3) is 2.23. The zero-order valence-corrected chi connectivity index (χ0v) is 10.9. The zero-order valence-electron chi connectivity index (χ0n) is 10.9. The van der Waals surface area contributed by atoms with E-state index in [2.05, 4.69) is 4.98 Å². The van der Waals surface area contributed by atoms with Crippen LogP contribution < -0.4 is 11.5 Å². The summed E-state index contributed by atoms with van der Waals surface area (Å²) in [5.41, 5.74) is 8.02. The minimum absolute atomic E-state index is 0.0525. The molecule has 0 aliphatic rings. The topological polar surface area (TPSA) is 74.0 Å². The van der Waals surface area contributed by atoms with Crippen molar-refractivity contribution in [2.45, 2.75) is 12.5 Å². The Labute approximate surface area is 115 Å². The van der Waals surface area contributed by atoms with E-state index in [0.29, 0.717) is 24.3 Å². The van der Waals surface area contributed by atoms with Crippen molar-refractivity contribution in [1.29, 1.82) is 0 Å². The van der Waals surface area contributed by atoms with E-state index in [1.165, 1.54) is 0 Å². The van der Waals surface area contributed by atoms with Crippen molar-refractivity contribution in [3.8, 4) is 0 Å². The van der Waals surface area contributed by atoms with Gasteiger partial charge in [-0.15, -0.1) is 0 Å². The molecule has 1 aromatic carbocycles. The SMILES string of the molecule is NCC(Cn1c(=O)oc2cccnc21)c1ccccc1. The Kier molecular flexibility index (Phi) is 3.35. The third-order valence-electron chi connectivity index (χ3n) is 3.38. The molecule has 3 rings (SSSR count). The minimum Gasteiger partial charge on any atom is -0.406 e. The predicted octanol–water partition coefficient (Wildman–Crippen LogP) is 1.73. The molecule has 0 fully saturated rings. The lowest BCUT2D eigenvalue weighted by Crippen LogP contribution is -2.24. The Hall–Kier alpha value is -2.40. The molecule has 2 heterocycles. The van der Waals surface area contributed by atoms with Crippen LogP contribution in [0.25, 0.3) is 11.2 Å². The van der Waals surface area contributed by atoms with Crippen LogP contribution in [0.4, 0.5) is 0 Å². The van der Waals surface area contributed by atoms with Gasteiger partial charge in [-0.3, -0.25) is 4.57 Å². The first-order valence-corrected chi connectivity index (χ1v) is 6.49. The van der Waals surface area contributed by atoms with E-state index in [1.807, 2.05) is 30.3 Å². The molecule has 0 saturated heterocycles. The van der Waals surface area contributed by atoms with Crippen LogP contribution in [0.5, 0.6) is 0 Å². The summed E-state index contributed by atoms with van der Waals surface area (Å²) in [6.07, 6.45) is 1.65. The molecule has 0 bridgehead atoms. The molecule has 0 amide bonds. The van der Waals surface area contributed by atoms with Crippen molar-refractivity contribution in [2.75, 3.05) is 6.54 Å². The van der Waals surface area contributed by atoms with Gasteiger partial charge in [-0.2, -0.15) is 0 Å². The Morgan fingerprint density at radius 1 is 1.20 bits per heavy atom. The van der Waals surface area contributed by atoms with E-state index in [-0.39, 0.29) is 5.92 Å². The fourth-order valence-electron chi connectivity index (χ4n) is 2.32. The molecule has 0 spiro atoms. The molecular formula is C15H15N3O2. The van der Waals surface area contributed by atoms with Crippen LogP contribution in [0.1, 0.15) is 11.5 Å². The molecule has 0 aliphatic heterocycles. The number of fused-ring (bicyclic) bond motifs is 1. The monoisotopic (exact) mass is 269 g/mol. The second kappa shape index (κ2) is 5.30. The first kappa shape index (κ1) is 12.6. The molecule has 2 aromatic heterocycles. The van der Waals surface area contributed by atoms with Gasteiger partial charge in [0.2, 0.25) is 0 Å². The highest BCUT2D eigenvalue weighted by molar-refractivity contribution is 5.67. The number of hydrogen-bond acceptors (Lipinski definition) is 4. The van der Waals surface area contributed by atoms with Crippen LogP contribution in [-0.4, -0.2) is 16.1 Å². The average Bonchev–Trinajstić information content (AvgIpc) is 2.81. The lowest BCUT2D eigenvalue weighted by atomic mass is 9.99. The number of benzene rings is 1. The molecule has 0 saturated carbocycles. The number of pyridine rings is 1. The van der Waals surface area contributed by atoms with Gasteiger partial charge in [0.05, 0.1) is 0 Å². The van der Waals surface area contributed by atoms with E-state index in [9.17, 15) is 4.79 Å². The summed E-state index contributed by atoms with van der Waals surface area (Å²) in [6, 6.07) is 13.4. The van der Waals surface area contributed by atoms with Gasteiger partial charge in [0.15, 0.2) is 11.2 Å². The highest BCUT2D eigenvalue weighted by Crippen LogP contribution is 2.18. The van der Waals surface area contributed by atoms with E-state index in [4.69, 9.17) is 10.2 Å². The predicted molar refractivity (Wildman–Crippen MR) is 76.5 cm³/mol. The molecule has 5 heteroatoms. The third-order valence-corrected chi connectivity index (χ3v) is 3.38. The van der Waals surface area contributed by atoms with Gasteiger partial charge in [0, 0.05) is 25.2 Å². The summed E-state index contributed by atoms with van der Waals surface area (Å²) in [5.74, 6) is -0.343. The molecule has 5 nitrogen and oxygen atoms in total. The number of hydrogen-bond donors (Lipinski definition) is 1. The number of rotatable bonds is 4. The van der Waals surface area contributed by atoms with Crippen molar-refractivity contribution in [1.82, 2.24) is 9.55 Å². The Morgan fingerprint density at radius 3 is 2.75 bits per heavy atom. The van der Waals surface area contributed by atoms with Gasteiger partial charge in [-0.05, 0) is 17.7 Å². The first-order chi connectivity index (χ1) is 9.79. The maximum Gasteiger partial charge on any atom is 0.421 e. The average molecular weight is 269 g/mol. The second-order valence-electron chi connectivity index (χ2n) is 4.65. The lowest BCUT2D eigenvalue weighted by molar-refractivity contribution is 0.478. The van der Waals surface area contributed by atoms with Gasteiger partial charge in [0.1, 0.15) is 0 Å². The number of oxazole rings is 1. The van der Waals surface area contributed by atoms with Crippen LogP contribution in [0.2, 0.25) is 0 Å². The Bertz CT molecular complexity index is 761. The molecule has 20 heavy (non-hydrogen) atoms. The first-order valence-electron chi connectivity index (χ1n) is 6.49. The summed E-state index contributed by atoms with van der Waals surface area (Å²) in [5, 5.41) is 0. The van der Waals surface area contributed by atoms with E-state index in [1.54, 1.807) is 22.9 Å². The summed E-state index contributed by atoms with van der Waals surface area (Å²) in [4.78, 5) is 16.1. The second-order valence-corrected chi connectivity index (χ2v) is 4.65. The smallest absolute Gasteiger partial charge is 0.406 e. The van der Waals surface area contributed by atoms with Gasteiger partial charge in [-0.25, -0.2) is 9.78 Å². The van der Waals surface area contributed by atoms with Crippen molar-refractivity contribution in [3.05, 3.63) is 64.8 Å². The number of nitrogens with zero attached hydrogens (tertiary/aromatic N) is 2. The fourth-order valence-corrected chi connectivity index (χ4v) is 2.32. The largest absolute Gasteiger partial charge is 0.421 e. The zero-order chi connectivity index (χ0) is 13.9. The highest BCUT2D eigenvalue weighted by atomic mass is 16.4. The normalized spacial score (nSPS) is 12.7. The van der Waals surface area contributed by atoms with Gasteiger partial charge in [-0.1, -0.05) is 30.3 Å². The summed E-state index contributed by atoms with van der Waals surface area (Å²) >= 11 is 0. The summed E-state index contributed by atoms with van der Waals surface area (Å²) in [6.45, 7) is 0.916. The van der Waals surface area contributed by atoms with Crippen molar-refractivity contribution in [2.24, 2.45) is 5.73 Å². The summed E-state index contributed by atoms with van der Waals surface area (Å²) in [7, 11) is 0. The molecule has 0 aliphatic carbocycles. The van der Waals surface area contributed by atoms with E-state index >= 15 is 0 Å². The quantitative estimate of drug-likeness (QED) is 0.782. The summed E-state index contributed by atoms with van der Waals surface area (Å²) < 4.78 is 6.73. The van der Waals surface area contributed by atoms with Gasteiger partial charge >= 0.3 is 5.76 Å². The van der Waals surface area contributed by atoms with Crippen molar-refractivity contribution < 1.29 is 4.42 Å². The molecule has 2 N–H and O–H groups in total. The van der Waals surface area contributed by atoms with Crippen molar-refractivity contribution >= 4 is 11.2 Å². The number of nitrogens with two attached hydrogens (primary N) is 1. The molecule has 1 unspecified atom stereocenters. The van der Waals surface area contributed by atoms with E-state index in [0.717, 1.165) is 5.56 Å². The van der Waals surface area contributed by atoms with Gasteiger partial charge < -0.3 is 10.2 Å². The van der Waals surface area contributed by atoms with Crippen LogP contribution in [-0.2, 0) is 6.54 Å². The van der Waals surface area contributed by atoms with Crippen LogP contribution in [0.15, 0.2) is 57.9 Å². The fraction of sp³-hybridized carbons (Fsp3) is 0.200. The van der Waals surface area contributed by atoms with Crippen LogP contribution in [0, 0.1) is 0 Å². The maximum atomic E-state index is 11.9. The molecule has 102 valence electrons. The standard InChI is InChI=1S/C15H15N3O2/c16-9-12(11-5-2-1-3-6-11)10-18-14-13(20-15(18)19)7-4-8-17-14/h1-8,12H,9-10,16H2. The molecule has 1 atom stereocenters. The van der Waals surface area contributed by atoms with Crippen LogP contribution in [0.3, 0.4) is 0 Å². The van der Waals surface area contributed by atoms with E-state index < -0.39 is 5.76 Å². The van der Waals surface area contributed by atoms with Gasteiger partial charge in [0.25, 0.3) is 0 Å². The van der Waals surface area contributed by atoms with Crippen molar-refractivity contribution in [3.63, 3.8) is 0 Å². The molecule has 0 radical (unpaired) electrons. The maximum absolute atomic E-state index is 11.9. The minimum atomic E-state index is -0.395. The lowest BCUT2D eigenvalue weighted by Gasteiger charge is -2.15.